The van der Waals surface area contributed by atoms with Crippen molar-refractivity contribution in [1.29, 1.82) is 0 Å². The number of benzene rings is 1. The molecule has 98 valence electrons. The lowest BCUT2D eigenvalue weighted by atomic mass is 10.1. The fraction of sp³-hybridized carbons (Fsp3) is 0.333. The summed E-state index contributed by atoms with van der Waals surface area (Å²) in [6.07, 6.45) is 4.51. The maximum absolute atomic E-state index is 12.2. The highest BCUT2D eigenvalue weighted by molar-refractivity contribution is 5.99. The third-order valence-corrected chi connectivity index (χ3v) is 3.67. The molecule has 3 N–H and O–H groups in total. The molecule has 0 unspecified atom stereocenters. The molecular formula is C15H17N3O. The number of aromatic nitrogens is 1. The van der Waals surface area contributed by atoms with Gasteiger partial charge in [-0.2, -0.15) is 0 Å². The summed E-state index contributed by atoms with van der Waals surface area (Å²) < 4.78 is 0. The van der Waals surface area contributed by atoms with Crippen LogP contribution in [0.25, 0.3) is 10.9 Å². The number of nitrogens with two attached hydrogens (primary N) is 1. The number of carbonyl (C=O) groups excluding carboxylic acids is 1. The molecule has 0 aliphatic heterocycles. The highest BCUT2D eigenvalue weighted by Crippen LogP contribution is 2.21. The van der Waals surface area contributed by atoms with Gasteiger partial charge in [0.1, 0.15) is 5.69 Å². The Hall–Kier alpha value is -2.10. The number of anilines is 1. The molecule has 1 saturated carbocycles. The number of rotatable bonds is 2. The summed E-state index contributed by atoms with van der Waals surface area (Å²) in [6.45, 7) is 0. The van der Waals surface area contributed by atoms with Crippen molar-refractivity contribution < 1.29 is 4.79 Å². The van der Waals surface area contributed by atoms with Crippen molar-refractivity contribution in [2.45, 2.75) is 31.7 Å². The van der Waals surface area contributed by atoms with E-state index in [2.05, 4.69) is 10.3 Å². The van der Waals surface area contributed by atoms with E-state index in [1.54, 1.807) is 6.07 Å². The van der Waals surface area contributed by atoms with Crippen molar-refractivity contribution in [2.24, 2.45) is 0 Å². The number of pyridine rings is 1. The number of nitrogen functional groups attached to an aromatic ring is 1. The first-order chi connectivity index (χ1) is 9.24. The quantitative estimate of drug-likeness (QED) is 0.866. The van der Waals surface area contributed by atoms with E-state index in [9.17, 15) is 4.79 Å². The Morgan fingerprint density at radius 1 is 1.26 bits per heavy atom. The van der Waals surface area contributed by atoms with Gasteiger partial charge < -0.3 is 11.1 Å². The number of para-hydroxylation sites is 1. The number of hydrogen-bond donors (Lipinski definition) is 2. The Labute approximate surface area is 112 Å². The van der Waals surface area contributed by atoms with E-state index in [0.29, 0.717) is 17.4 Å². The number of carbonyl (C=O) groups is 1. The first kappa shape index (κ1) is 12.0. The first-order valence-electron chi connectivity index (χ1n) is 6.70. The summed E-state index contributed by atoms with van der Waals surface area (Å²) in [5, 5.41) is 3.92. The maximum Gasteiger partial charge on any atom is 0.270 e. The van der Waals surface area contributed by atoms with Crippen LogP contribution in [0.2, 0.25) is 0 Å². The predicted octanol–water partition coefficient (Wildman–Crippen LogP) is 2.49. The van der Waals surface area contributed by atoms with Gasteiger partial charge in [0, 0.05) is 17.1 Å². The monoisotopic (exact) mass is 255 g/mol. The fourth-order valence-corrected chi connectivity index (χ4v) is 2.65. The summed E-state index contributed by atoms with van der Waals surface area (Å²) in [6, 6.07) is 9.55. The maximum atomic E-state index is 12.2. The zero-order chi connectivity index (χ0) is 13.2. The van der Waals surface area contributed by atoms with Crippen LogP contribution in [0.15, 0.2) is 30.3 Å². The number of fused-ring (bicyclic) bond motifs is 1. The lowest BCUT2D eigenvalue weighted by molar-refractivity contribution is 0.0933. The lowest BCUT2D eigenvalue weighted by Crippen LogP contribution is -2.33. The van der Waals surface area contributed by atoms with E-state index in [-0.39, 0.29) is 5.91 Å². The Kier molecular flexibility index (Phi) is 3.07. The van der Waals surface area contributed by atoms with E-state index in [0.717, 1.165) is 23.7 Å². The van der Waals surface area contributed by atoms with E-state index in [4.69, 9.17) is 5.73 Å². The summed E-state index contributed by atoms with van der Waals surface area (Å²) in [7, 11) is 0. The summed E-state index contributed by atoms with van der Waals surface area (Å²) in [5.41, 5.74) is 7.75. The van der Waals surface area contributed by atoms with Crippen LogP contribution in [0.5, 0.6) is 0 Å². The minimum absolute atomic E-state index is 0.121. The molecule has 1 aliphatic rings. The van der Waals surface area contributed by atoms with Gasteiger partial charge in [-0.3, -0.25) is 4.79 Å². The van der Waals surface area contributed by atoms with Gasteiger partial charge in [0.05, 0.1) is 5.52 Å². The number of amides is 1. The number of nitrogens with zero attached hydrogens (tertiary/aromatic N) is 1. The smallest absolute Gasteiger partial charge is 0.270 e. The van der Waals surface area contributed by atoms with E-state index in [1.165, 1.54) is 12.8 Å². The third-order valence-electron chi connectivity index (χ3n) is 3.67. The predicted molar refractivity (Wildman–Crippen MR) is 75.9 cm³/mol. The van der Waals surface area contributed by atoms with Gasteiger partial charge in [-0.25, -0.2) is 4.98 Å². The molecule has 2 aromatic rings. The Morgan fingerprint density at radius 3 is 2.79 bits per heavy atom. The average molecular weight is 255 g/mol. The molecule has 19 heavy (non-hydrogen) atoms. The Morgan fingerprint density at radius 2 is 2.00 bits per heavy atom. The number of nitrogens with one attached hydrogen (secondary N) is 1. The summed E-state index contributed by atoms with van der Waals surface area (Å²) in [5.74, 6) is -0.121. The third kappa shape index (κ3) is 2.38. The van der Waals surface area contributed by atoms with Crippen molar-refractivity contribution in [1.82, 2.24) is 10.3 Å². The molecule has 0 bridgehead atoms. The number of hydrogen-bond acceptors (Lipinski definition) is 3. The lowest BCUT2D eigenvalue weighted by Gasteiger charge is -2.12. The van der Waals surface area contributed by atoms with Gasteiger partial charge in [-0.05, 0) is 25.0 Å². The van der Waals surface area contributed by atoms with Crippen LogP contribution in [0.4, 0.5) is 5.69 Å². The average Bonchev–Trinajstić information content (AvgIpc) is 2.91. The fourth-order valence-electron chi connectivity index (χ4n) is 2.65. The van der Waals surface area contributed by atoms with E-state index >= 15 is 0 Å². The molecule has 4 heteroatoms. The van der Waals surface area contributed by atoms with Crippen LogP contribution < -0.4 is 11.1 Å². The van der Waals surface area contributed by atoms with Crippen molar-refractivity contribution in [2.75, 3.05) is 5.73 Å². The molecule has 4 nitrogen and oxygen atoms in total. The molecule has 1 heterocycles. The Balaban J connectivity index is 1.89. The topological polar surface area (TPSA) is 68.0 Å². The second-order valence-corrected chi connectivity index (χ2v) is 5.07. The van der Waals surface area contributed by atoms with Crippen LogP contribution in [0, 0.1) is 0 Å². The summed E-state index contributed by atoms with van der Waals surface area (Å²) in [4.78, 5) is 16.6. The molecule has 1 aromatic carbocycles. The van der Waals surface area contributed by atoms with Crippen LogP contribution in [0.3, 0.4) is 0 Å². The van der Waals surface area contributed by atoms with Crippen LogP contribution in [0.1, 0.15) is 36.2 Å². The molecule has 0 radical (unpaired) electrons. The highest BCUT2D eigenvalue weighted by atomic mass is 16.1. The van der Waals surface area contributed by atoms with Gasteiger partial charge in [-0.15, -0.1) is 0 Å². The molecule has 0 atom stereocenters. The molecule has 3 rings (SSSR count). The van der Waals surface area contributed by atoms with Crippen molar-refractivity contribution in [3.05, 3.63) is 36.0 Å². The van der Waals surface area contributed by atoms with Gasteiger partial charge in [-0.1, -0.05) is 31.0 Å². The molecule has 1 aliphatic carbocycles. The second-order valence-electron chi connectivity index (χ2n) is 5.07. The van der Waals surface area contributed by atoms with Crippen LogP contribution in [-0.4, -0.2) is 16.9 Å². The largest absolute Gasteiger partial charge is 0.398 e. The van der Waals surface area contributed by atoms with Crippen molar-refractivity contribution >= 4 is 22.5 Å². The van der Waals surface area contributed by atoms with Crippen molar-refractivity contribution in [3.8, 4) is 0 Å². The van der Waals surface area contributed by atoms with E-state index < -0.39 is 0 Å². The van der Waals surface area contributed by atoms with Gasteiger partial charge in [0.25, 0.3) is 5.91 Å². The molecule has 1 aromatic heterocycles. The Bertz CT molecular complexity index is 618. The zero-order valence-corrected chi connectivity index (χ0v) is 10.7. The normalized spacial score (nSPS) is 15.8. The van der Waals surface area contributed by atoms with Gasteiger partial charge in [0.2, 0.25) is 0 Å². The second kappa shape index (κ2) is 4.88. The molecule has 0 spiro atoms. The standard InChI is InChI=1S/C15H17N3O/c16-12-9-14(15(19)17-10-5-1-2-6-10)18-13-8-4-3-7-11(12)13/h3-4,7-10H,1-2,5-6H2,(H2,16,18)(H,17,19). The zero-order valence-electron chi connectivity index (χ0n) is 10.7. The minimum atomic E-state index is -0.121. The SMILES string of the molecule is Nc1cc(C(=O)NC2CCCC2)nc2ccccc12. The molecule has 1 amide bonds. The van der Waals surface area contributed by atoms with Crippen LogP contribution in [-0.2, 0) is 0 Å². The minimum Gasteiger partial charge on any atom is -0.398 e. The molecule has 1 fully saturated rings. The first-order valence-corrected chi connectivity index (χ1v) is 6.70. The molecular weight excluding hydrogens is 238 g/mol. The van der Waals surface area contributed by atoms with Crippen LogP contribution >= 0.6 is 0 Å². The highest BCUT2D eigenvalue weighted by Gasteiger charge is 2.19. The van der Waals surface area contributed by atoms with Gasteiger partial charge in [0.15, 0.2) is 0 Å². The van der Waals surface area contributed by atoms with E-state index in [1.807, 2.05) is 24.3 Å². The van der Waals surface area contributed by atoms with Gasteiger partial charge >= 0.3 is 0 Å². The molecule has 0 saturated heterocycles. The summed E-state index contributed by atoms with van der Waals surface area (Å²) >= 11 is 0. The van der Waals surface area contributed by atoms with Crippen molar-refractivity contribution in [3.63, 3.8) is 0 Å².